The molecule has 4 rings (SSSR count). The van der Waals surface area contributed by atoms with Crippen molar-refractivity contribution in [3.05, 3.63) is 71.0 Å². The van der Waals surface area contributed by atoms with Gasteiger partial charge in [0, 0.05) is 6.42 Å². The number of halogens is 2. The van der Waals surface area contributed by atoms with E-state index in [0.29, 0.717) is 6.42 Å². The molecule has 3 heteroatoms. The lowest BCUT2D eigenvalue weighted by Gasteiger charge is -2.29. The van der Waals surface area contributed by atoms with Crippen LogP contribution in [-0.4, -0.2) is 6.17 Å². The molecule has 0 bridgehead atoms. The van der Waals surface area contributed by atoms with Crippen molar-refractivity contribution in [3.63, 3.8) is 0 Å². The van der Waals surface area contributed by atoms with Gasteiger partial charge < -0.3 is 0 Å². The van der Waals surface area contributed by atoms with Gasteiger partial charge in [0.15, 0.2) is 0 Å². The standard InChI is InChI=1S/C28H29F2N/c1-2-3-4-5-6-7-23-15-22-10-9-21-14-19(12-13-25(21)26(22)17-28(23)30)20-8-11-24(18-31)27(29)16-20/h8-14,16,23,28H,2-7,15,17H2,1H3/t23-,28-/m0/s1. The highest BCUT2D eigenvalue weighted by Gasteiger charge is 2.29. The highest BCUT2D eigenvalue weighted by Crippen LogP contribution is 2.36. The number of nitriles is 1. The first kappa shape index (κ1) is 21.5. The molecule has 0 saturated carbocycles. The summed E-state index contributed by atoms with van der Waals surface area (Å²) in [5, 5.41) is 11.1. The van der Waals surface area contributed by atoms with Crippen molar-refractivity contribution in [1.29, 1.82) is 5.26 Å². The first-order valence-electron chi connectivity index (χ1n) is 11.5. The van der Waals surface area contributed by atoms with Crippen LogP contribution in [0.1, 0.15) is 62.1 Å². The zero-order chi connectivity index (χ0) is 21.8. The summed E-state index contributed by atoms with van der Waals surface area (Å²) in [5.41, 5.74) is 4.09. The maximum absolute atomic E-state index is 15.0. The van der Waals surface area contributed by atoms with Gasteiger partial charge in [-0.25, -0.2) is 8.78 Å². The van der Waals surface area contributed by atoms with Crippen molar-refractivity contribution >= 4 is 10.8 Å². The van der Waals surface area contributed by atoms with E-state index in [4.69, 9.17) is 5.26 Å². The van der Waals surface area contributed by atoms with E-state index in [-0.39, 0.29) is 11.5 Å². The van der Waals surface area contributed by atoms with Gasteiger partial charge in [-0.2, -0.15) is 5.26 Å². The van der Waals surface area contributed by atoms with E-state index in [2.05, 4.69) is 19.1 Å². The Morgan fingerprint density at radius 3 is 2.48 bits per heavy atom. The molecule has 0 spiro atoms. The molecule has 2 atom stereocenters. The molecule has 160 valence electrons. The molecule has 0 N–H and O–H groups in total. The highest BCUT2D eigenvalue weighted by molar-refractivity contribution is 5.91. The quantitative estimate of drug-likeness (QED) is 0.358. The van der Waals surface area contributed by atoms with Crippen molar-refractivity contribution in [1.82, 2.24) is 0 Å². The second-order valence-electron chi connectivity index (χ2n) is 8.83. The zero-order valence-corrected chi connectivity index (χ0v) is 18.1. The van der Waals surface area contributed by atoms with Crippen LogP contribution in [0.15, 0.2) is 48.5 Å². The molecule has 1 nitrogen and oxygen atoms in total. The van der Waals surface area contributed by atoms with Gasteiger partial charge in [0.05, 0.1) is 5.56 Å². The lowest BCUT2D eigenvalue weighted by molar-refractivity contribution is 0.199. The van der Waals surface area contributed by atoms with Crippen LogP contribution in [0.2, 0.25) is 0 Å². The van der Waals surface area contributed by atoms with Crippen LogP contribution in [0.4, 0.5) is 8.78 Å². The minimum absolute atomic E-state index is 0.0486. The van der Waals surface area contributed by atoms with E-state index in [0.717, 1.165) is 46.7 Å². The molecule has 3 aromatic rings. The summed E-state index contributed by atoms with van der Waals surface area (Å²) >= 11 is 0. The van der Waals surface area contributed by atoms with Crippen LogP contribution < -0.4 is 0 Å². The minimum atomic E-state index is -0.781. The molecule has 0 saturated heterocycles. The van der Waals surface area contributed by atoms with Crippen LogP contribution in [-0.2, 0) is 12.8 Å². The summed E-state index contributed by atoms with van der Waals surface area (Å²) in [7, 11) is 0. The summed E-state index contributed by atoms with van der Waals surface area (Å²) in [4.78, 5) is 0. The number of rotatable bonds is 7. The Labute approximate surface area is 183 Å². The lowest BCUT2D eigenvalue weighted by atomic mass is 9.78. The number of nitrogens with zero attached hydrogens (tertiary/aromatic N) is 1. The van der Waals surface area contributed by atoms with Gasteiger partial charge in [-0.05, 0) is 70.0 Å². The third-order valence-electron chi connectivity index (χ3n) is 6.72. The van der Waals surface area contributed by atoms with Crippen molar-refractivity contribution in [2.24, 2.45) is 5.92 Å². The molecule has 0 unspecified atom stereocenters. The molecule has 0 amide bonds. The van der Waals surface area contributed by atoms with Crippen molar-refractivity contribution in [2.45, 2.75) is 64.5 Å². The van der Waals surface area contributed by atoms with Crippen LogP contribution in [0.5, 0.6) is 0 Å². The normalized spacial score (nSPS) is 18.0. The third-order valence-corrected chi connectivity index (χ3v) is 6.72. The number of hydrogen-bond acceptors (Lipinski definition) is 1. The molecule has 0 aliphatic heterocycles. The predicted octanol–water partition coefficient (Wildman–Crippen LogP) is 7.93. The second-order valence-corrected chi connectivity index (χ2v) is 8.83. The maximum Gasteiger partial charge on any atom is 0.141 e. The molecule has 31 heavy (non-hydrogen) atoms. The van der Waals surface area contributed by atoms with Crippen LogP contribution >= 0.6 is 0 Å². The average molecular weight is 418 g/mol. The van der Waals surface area contributed by atoms with Gasteiger partial charge in [-0.1, -0.05) is 69.4 Å². The van der Waals surface area contributed by atoms with Crippen molar-refractivity contribution in [3.8, 4) is 17.2 Å². The van der Waals surface area contributed by atoms with Crippen LogP contribution in [0, 0.1) is 23.1 Å². The third kappa shape index (κ3) is 4.64. The van der Waals surface area contributed by atoms with Gasteiger partial charge >= 0.3 is 0 Å². The molecular weight excluding hydrogens is 388 g/mol. The highest BCUT2D eigenvalue weighted by atomic mass is 19.1. The Morgan fingerprint density at radius 2 is 1.71 bits per heavy atom. The molecule has 0 fully saturated rings. The number of benzene rings is 3. The fraction of sp³-hybridized carbons (Fsp3) is 0.393. The first-order chi connectivity index (χ1) is 15.1. The van der Waals surface area contributed by atoms with Crippen molar-refractivity contribution in [2.75, 3.05) is 0 Å². The molecule has 1 aliphatic rings. The smallest absolute Gasteiger partial charge is 0.141 e. The summed E-state index contributed by atoms with van der Waals surface area (Å²) in [6.07, 6.45) is 7.60. The molecule has 0 heterocycles. The van der Waals surface area contributed by atoms with E-state index in [1.807, 2.05) is 24.3 Å². The van der Waals surface area contributed by atoms with Gasteiger partial charge in [-0.15, -0.1) is 0 Å². The van der Waals surface area contributed by atoms with Crippen LogP contribution in [0.25, 0.3) is 21.9 Å². The van der Waals surface area contributed by atoms with E-state index in [1.54, 1.807) is 6.07 Å². The Hall–Kier alpha value is -2.73. The van der Waals surface area contributed by atoms with Gasteiger partial charge in [0.1, 0.15) is 18.1 Å². The molecule has 0 aromatic heterocycles. The Balaban J connectivity index is 1.55. The number of fused-ring (bicyclic) bond motifs is 3. The Bertz CT molecular complexity index is 1110. The second kappa shape index (κ2) is 9.60. The fourth-order valence-electron chi connectivity index (χ4n) is 4.90. The van der Waals surface area contributed by atoms with Gasteiger partial charge in [0.2, 0.25) is 0 Å². The number of hydrogen-bond donors (Lipinski definition) is 0. The molecule has 3 aromatic carbocycles. The SMILES string of the molecule is CCCCCCC[C@H]1Cc2ccc3cc(-c4ccc(C#N)c(F)c4)ccc3c2C[C@@H]1F. The summed E-state index contributed by atoms with van der Waals surface area (Å²) in [6, 6.07) is 16.8. The molecule has 1 aliphatic carbocycles. The van der Waals surface area contributed by atoms with E-state index < -0.39 is 12.0 Å². The topological polar surface area (TPSA) is 23.8 Å². The maximum atomic E-state index is 15.0. The summed E-state index contributed by atoms with van der Waals surface area (Å²) in [5.74, 6) is -0.376. The van der Waals surface area contributed by atoms with Gasteiger partial charge in [0.25, 0.3) is 0 Å². The van der Waals surface area contributed by atoms with E-state index in [1.165, 1.54) is 43.4 Å². The lowest BCUT2D eigenvalue weighted by Crippen LogP contribution is -2.27. The van der Waals surface area contributed by atoms with Crippen molar-refractivity contribution < 1.29 is 8.78 Å². The summed E-state index contributed by atoms with van der Waals surface area (Å²) in [6.45, 7) is 2.21. The zero-order valence-electron chi connectivity index (χ0n) is 18.1. The predicted molar refractivity (Wildman–Crippen MR) is 123 cm³/mol. The fourth-order valence-corrected chi connectivity index (χ4v) is 4.90. The molecular formula is C28H29F2N. The minimum Gasteiger partial charge on any atom is -0.247 e. The Kier molecular flexibility index (Phi) is 6.66. The van der Waals surface area contributed by atoms with Crippen LogP contribution in [0.3, 0.4) is 0 Å². The first-order valence-corrected chi connectivity index (χ1v) is 11.5. The number of unbranched alkanes of at least 4 members (excludes halogenated alkanes) is 4. The van der Waals surface area contributed by atoms with E-state index in [9.17, 15) is 4.39 Å². The Morgan fingerprint density at radius 1 is 0.935 bits per heavy atom. The molecule has 0 radical (unpaired) electrons. The monoisotopic (exact) mass is 417 g/mol. The average Bonchev–Trinajstić information content (AvgIpc) is 2.78. The van der Waals surface area contributed by atoms with E-state index >= 15 is 4.39 Å². The van der Waals surface area contributed by atoms with Gasteiger partial charge in [-0.3, -0.25) is 0 Å². The number of alkyl halides is 1. The largest absolute Gasteiger partial charge is 0.247 e. The summed E-state index contributed by atoms with van der Waals surface area (Å²) < 4.78 is 29.1.